The van der Waals surface area contributed by atoms with Crippen LogP contribution in [0.15, 0.2) is 36.4 Å². The fourth-order valence-corrected chi connectivity index (χ4v) is 3.29. The van der Waals surface area contributed by atoms with Gasteiger partial charge in [0.25, 0.3) is 0 Å². The van der Waals surface area contributed by atoms with E-state index in [9.17, 15) is 13.6 Å². The molecule has 0 bridgehead atoms. The van der Waals surface area contributed by atoms with Gasteiger partial charge in [-0.3, -0.25) is 0 Å². The molecule has 4 rings (SSSR count). The summed E-state index contributed by atoms with van der Waals surface area (Å²) in [6.45, 7) is 5.30. The number of urea groups is 1. The Balaban J connectivity index is 1.41. The zero-order chi connectivity index (χ0) is 21.3. The number of carbonyl (C=O) groups excluding carboxylic acids is 1. The van der Waals surface area contributed by atoms with Gasteiger partial charge in [0.15, 0.2) is 0 Å². The van der Waals surface area contributed by atoms with E-state index in [0.29, 0.717) is 54.6 Å². The third-order valence-corrected chi connectivity index (χ3v) is 5.11. The van der Waals surface area contributed by atoms with E-state index in [4.69, 9.17) is 0 Å². The van der Waals surface area contributed by atoms with E-state index in [1.54, 1.807) is 47.7 Å². The van der Waals surface area contributed by atoms with Gasteiger partial charge in [-0.15, -0.1) is 0 Å². The predicted molar refractivity (Wildman–Crippen MR) is 108 cm³/mol. The van der Waals surface area contributed by atoms with Crippen LogP contribution in [0.25, 0.3) is 5.69 Å². The van der Waals surface area contributed by atoms with Crippen LogP contribution in [0.5, 0.6) is 0 Å². The molecule has 156 valence electrons. The molecule has 1 N–H and O–H groups in total. The number of piperazine rings is 1. The number of carbonyl (C=O) groups is 1. The summed E-state index contributed by atoms with van der Waals surface area (Å²) in [6, 6.07) is 9.00. The van der Waals surface area contributed by atoms with Crippen LogP contribution in [0, 0.1) is 25.5 Å². The second-order valence-corrected chi connectivity index (χ2v) is 7.19. The molecule has 0 aliphatic carbocycles. The average molecular weight is 413 g/mol. The third-order valence-electron chi connectivity index (χ3n) is 5.11. The lowest BCUT2D eigenvalue weighted by Crippen LogP contribution is -2.50. The Morgan fingerprint density at radius 3 is 2.43 bits per heavy atom. The van der Waals surface area contributed by atoms with Crippen molar-refractivity contribution >= 4 is 17.7 Å². The molecule has 3 aromatic rings. The van der Waals surface area contributed by atoms with E-state index < -0.39 is 0 Å². The lowest BCUT2D eigenvalue weighted by molar-refractivity contribution is 0.208. The van der Waals surface area contributed by atoms with Crippen LogP contribution in [0.1, 0.15) is 11.1 Å². The molecule has 1 aliphatic heterocycles. The minimum Gasteiger partial charge on any atom is -0.336 e. The lowest BCUT2D eigenvalue weighted by atomic mass is 10.2. The fourth-order valence-electron chi connectivity index (χ4n) is 3.29. The van der Waals surface area contributed by atoms with Crippen molar-refractivity contribution in [2.24, 2.45) is 0 Å². The minimum absolute atomic E-state index is 0.286. The predicted octanol–water partition coefficient (Wildman–Crippen LogP) is 2.91. The Labute approximate surface area is 172 Å². The topological polar surface area (TPSA) is 79.2 Å². The molecule has 0 radical (unpaired) electrons. The van der Waals surface area contributed by atoms with Crippen molar-refractivity contribution < 1.29 is 13.6 Å². The van der Waals surface area contributed by atoms with Crippen molar-refractivity contribution in [2.45, 2.75) is 13.8 Å². The standard InChI is InChI=1S/C20H21F2N7O/c1-13-3-4-15(12-18(13)22)23-20(30)28-9-7-27(8-10-28)19-24-25-26-29(19)16-5-6-17(21)14(2)11-16/h3-6,11-12H,7-10H2,1-2H3,(H,23,30). The summed E-state index contributed by atoms with van der Waals surface area (Å²) in [5, 5.41) is 14.6. The summed E-state index contributed by atoms with van der Waals surface area (Å²) in [6.07, 6.45) is 0. The molecular weight excluding hydrogens is 392 g/mol. The molecule has 1 aliphatic rings. The van der Waals surface area contributed by atoms with Crippen LogP contribution in [0.4, 0.5) is 25.2 Å². The van der Waals surface area contributed by atoms with E-state index in [-0.39, 0.29) is 17.7 Å². The number of amides is 2. The molecule has 8 nitrogen and oxygen atoms in total. The molecule has 0 unspecified atom stereocenters. The highest BCUT2D eigenvalue weighted by molar-refractivity contribution is 5.89. The summed E-state index contributed by atoms with van der Waals surface area (Å²) >= 11 is 0. The van der Waals surface area contributed by atoms with E-state index >= 15 is 0 Å². The number of nitrogens with zero attached hydrogens (tertiary/aromatic N) is 6. The van der Waals surface area contributed by atoms with Crippen molar-refractivity contribution in [1.29, 1.82) is 0 Å². The van der Waals surface area contributed by atoms with Gasteiger partial charge in [0.1, 0.15) is 11.6 Å². The largest absolute Gasteiger partial charge is 0.336 e. The van der Waals surface area contributed by atoms with E-state index in [1.807, 2.05) is 4.90 Å². The number of rotatable bonds is 3. The van der Waals surface area contributed by atoms with Gasteiger partial charge in [-0.1, -0.05) is 11.2 Å². The highest BCUT2D eigenvalue weighted by Gasteiger charge is 2.25. The molecule has 10 heteroatoms. The average Bonchev–Trinajstić information content (AvgIpc) is 3.23. The zero-order valence-electron chi connectivity index (χ0n) is 16.6. The van der Waals surface area contributed by atoms with Crippen molar-refractivity contribution in [3.63, 3.8) is 0 Å². The molecule has 1 fully saturated rings. The highest BCUT2D eigenvalue weighted by Crippen LogP contribution is 2.20. The van der Waals surface area contributed by atoms with Gasteiger partial charge in [-0.2, -0.15) is 4.68 Å². The maximum absolute atomic E-state index is 13.7. The second kappa shape index (κ2) is 8.05. The smallest absolute Gasteiger partial charge is 0.321 e. The van der Waals surface area contributed by atoms with E-state index in [0.717, 1.165) is 0 Å². The van der Waals surface area contributed by atoms with Crippen LogP contribution >= 0.6 is 0 Å². The SMILES string of the molecule is Cc1cc(-n2nnnc2N2CCN(C(=O)Nc3ccc(C)c(F)c3)CC2)ccc1F. The Hall–Kier alpha value is -3.56. The van der Waals surface area contributed by atoms with Gasteiger partial charge in [-0.05, 0) is 65.7 Å². The van der Waals surface area contributed by atoms with Crippen LogP contribution in [0.2, 0.25) is 0 Å². The molecule has 0 atom stereocenters. The fraction of sp³-hybridized carbons (Fsp3) is 0.300. The van der Waals surface area contributed by atoms with Crippen molar-refractivity contribution in [3.05, 3.63) is 59.2 Å². The number of tetrazole rings is 1. The number of aromatic nitrogens is 4. The molecule has 0 saturated carbocycles. The molecule has 2 amide bonds. The van der Waals surface area contributed by atoms with Crippen LogP contribution in [-0.4, -0.2) is 57.3 Å². The van der Waals surface area contributed by atoms with E-state index in [2.05, 4.69) is 20.8 Å². The van der Waals surface area contributed by atoms with Gasteiger partial charge in [0.2, 0.25) is 5.95 Å². The number of hydrogen-bond acceptors (Lipinski definition) is 5. The number of aryl methyl sites for hydroxylation is 2. The lowest BCUT2D eigenvalue weighted by Gasteiger charge is -2.34. The highest BCUT2D eigenvalue weighted by atomic mass is 19.1. The summed E-state index contributed by atoms with van der Waals surface area (Å²) < 4.78 is 28.8. The quantitative estimate of drug-likeness (QED) is 0.714. The van der Waals surface area contributed by atoms with Gasteiger partial charge in [-0.25, -0.2) is 13.6 Å². The monoisotopic (exact) mass is 413 g/mol. The summed E-state index contributed by atoms with van der Waals surface area (Å²) in [5.74, 6) is -0.122. The Kier molecular flexibility index (Phi) is 5.30. The second-order valence-electron chi connectivity index (χ2n) is 7.19. The number of halogens is 2. The van der Waals surface area contributed by atoms with Crippen LogP contribution < -0.4 is 10.2 Å². The van der Waals surface area contributed by atoms with Crippen LogP contribution in [0.3, 0.4) is 0 Å². The first-order valence-corrected chi connectivity index (χ1v) is 9.54. The Morgan fingerprint density at radius 1 is 0.967 bits per heavy atom. The summed E-state index contributed by atoms with van der Waals surface area (Å²) in [5.41, 5.74) is 2.11. The summed E-state index contributed by atoms with van der Waals surface area (Å²) in [7, 11) is 0. The van der Waals surface area contributed by atoms with Gasteiger partial charge >= 0.3 is 6.03 Å². The molecular formula is C20H21F2N7O. The number of anilines is 2. The summed E-state index contributed by atoms with van der Waals surface area (Å²) in [4.78, 5) is 16.1. The number of nitrogens with one attached hydrogen (secondary N) is 1. The molecule has 1 aromatic heterocycles. The van der Waals surface area contributed by atoms with Gasteiger partial charge < -0.3 is 15.1 Å². The first-order chi connectivity index (χ1) is 14.4. The normalized spacial score (nSPS) is 14.1. The van der Waals surface area contributed by atoms with Gasteiger partial charge in [0.05, 0.1) is 5.69 Å². The third kappa shape index (κ3) is 3.93. The maximum atomic E-state index is 13.7. The Bertz CT molecular complexity index is 1080. The number of benzene rings is 2. The molecule has 2 aromatic carbocycles. The zero-order valence-corrected chi connectivity index (χ0v) is 16.6. The first kappa shape index (κ1) is 19.7. The molecule has 0 spiro atoms. The molecule has 1 saturated heterocycles. The maximum Gasteiger partial charge on any atom is 0.321 e. The molecule has 2 heterocycles. The molecule has 30 heavy (non-hydrogen) atoms. The van der Waals surface area contributed by atoms with Crippen molar-refractivity contribution in [3.8, 4) is 5.69 Å². The number of hydrogen-bond donors (Lipinski definition) is 1. The van der Waals surface area contributed by atoms with Crippen molar-refractivity contribution in [1.82, 2.24) is 25.1 Å². The minimum atomic E-state index is -0.361. The van der Waals surface area contributed by atoms with E-state index in [1.165, 1.54) is 12.1 Å². The first-order valence-electron chi connectivity index (χ1n) is 9.54. The van der Waals surface area contributed by atoms with Gasteiger partial charge in [0, 0.05) is 31.9 Å². The Morgan fingerprint density at radius 2 is 1.73 bits per heavy atom. The van der Waals surface area contributed by atoms with Crippen LogP contribution in [-0.2, 0) is 0 Å². The van der Waals surface area contributed by atoms with Crippen molar-refractivity contribution in [2.75, 3.05) is 36.4 Å².